The van der Waals surface area contributed by atoms with Crippen molar-refractivity contribution in [2.75, 3.05) is 26.8 Å². The lowest BCUT2D eigenvalue weighted by atomic mass is 9.95. The van der Waals surface area contributed by atoms with Crippen LogP contribution in [0.2, 0.25) is 0 Å². The largest absolute Gasteiger partial charge is 0.496 e. The summed E-state index contributed by atoms with van der Waals surface area (Å²) in [5, 5.41) is 9.35. The molecule has 0 saturated carbocycles. The quantitative estimate of drug-likeness (QED) is 0.833. The maximum absolute atomic E-state index is 9.35. The van der Waals surface area contributed by atoms with E-state index in [-0.39, 0.29) is 18.7 Å². The molecule has 0 bridgehead atoms. The first-order valence-electron chi connectivity index (χ1n) is 7.44. The van der Waals surface area contributed by atoms with Crippen molar-refractivity contribution in [1.82, 2.24) is 4.90 Å². The summed E-state index contributed by atoms with van der Waals surface area (Å²) in [7, 11) is 1.70. The molecule has 1 aromatic carbocycles. The number of nitrogens with zero attached hydrogens (tertiary/aromatic N) is 1. The van der Waals surface area contributed by atoms with E-state index in [0.717, 1.165) is 37.2 Å². The maximum Gasteiger partial charge on any atom is 0.123 e. The topological polar surface area (TPSA) is 58.7 Å². The van der Waals surface area contributed by atoms with E-state index in [1.807, 2.05) is 18.2 Å². The zero-order chi connectivity index (χ0) is 14.5. The van der Waals surface area contributed by atoms with Crippen molar-refractivity contribution in [3.63, 3.8) is 0 Å². The summed E-state index contributed by atoms with van der Waals surface area (Å²) in [4.78, 5) is 2.40. The normalized spacial score (nSPS) is 22.7. The van der Waals surface area contributed by atoms with E-state index < -0.39 is 0 Å². The third kappa shape index (κ3) is 3.14. The van der Waals surface area contributed by atoms with Gasteiger partial charge >= 0.3 is 0 Å². The van der Waals surface area contributed by atoms with Gasteiger partial charge < -0.3 is 15.6 Å². The summed E-state index contributed by atoms with van der Waals surface area (Å²) in [6.45, 7) is 4.28. The zero-order valence-electron chi connectivity index (χ0n) is 12.5. The molecule has 3 atom stereocenters. The number of nitrogens with two attached hydrogens (primary N) is 1. The number of para-hydroxylation sites is 1. The van der Waals surface area contributed by atoms with Gasteiger partial charge in [0, 0.05) is 24.8 Å². The van der Waals surface area contributed by atoms with Crippen LogP contribution >= 0.6 is 0 Å². The fraction of sp³-hybridized carbons (Fsp3) is 0.625. The molecule has 20 heavy (non-hydrogen) atoms. The van der Waals surface area contributed by atoms with Crippen LogP contribution in [0, 0.1) is 5.92 Å². The van der Waals surface area contributed by atoms with E-state index in [0.29, 0.717) is 5.92 Å². The highest BCUT2D eigenvalue weighted by molar-refractivity contribution is 5.37. The molecule has 3 N–H and O–H groups in total. The minimum absolute atomic E-state index is 0.0729. The Kier molecular flexibility index (Phi) is 5.40. The van der Waals surface area contributed by atoms with Crippen molar-refractivity contribution >= 4 is 0 Å². The number of benzene rings is 1. The second kappa shape index (κ2) is 7.07. The van der Waals surface area contributed by atoms with Gasteiger partial charge in [0.25, 0.3) is 0 Å². The number of likely N-dealkylation sites (tertiary alicyclic amines) is 1. The Hall–Kier alpha value is -1.10. The molecule has 1 aliphatic heterocycles. The number of rotatable bonds is 6. The molecule has 1 saturated heterocycles. The lowest BCUT2D eigenvalue weighted by Gasteiger charge is -2.33. The van der Waals surface area contributed by atoms with Gasteiger partial charge in [-0.3, -0.25) is 4.90 Å². The van der Waals surface area contributed by atoms with E-state index in [2.05, 4.69) is 17.9 Å². The first-order valence-corrected chi connectivity index (χ1v) is 7.44. The highest BCUT2D eigenvalue weighted by Crippen LogP contribution is 2.35. The van der Waals surface area contributed by atoms with Crippen molar-refractivity contribution in [1.29, 1.82) is 0 Å². The summed E-state index contributed by atoms with van der Waals surface area (Å²) in [5.41, 5.74) is 7.54. The molecule has 0 amide bonds. The van der Waals surface area contributed by atoms with Gasteiger partial charge in [-0.05, 0) is 31.4 Å². The van der Waals surface area contributed by atoms with Crippen LogP contribution in [-0.4, -0.2) is 42.9 Å². The summed E-state index contributed by atoms with van der Waals surface area (Å²) in [5.74, 6) is 1.27. The molecule has 1 aromatic rings. The fourth-order valence-electron chi connectivity index (χ4n) is 3.10. The highest BCUT2D eigenvalue weighted by atomic mass is 16.5. The van der Waals surface area contributed by atoms with Crippen LogP contribution in [0.25, 0.3) is 0 Å². The molecule has 2 rings (SSSR count). The van der Waals surface area contributed by atoms with Gasteiger partial charge in [-0.25, -0.2) is 0 Å². The van der Waals surface area contributed by atoms with Crippen LogP contribution in [0.3, 0.4) is 0 Å². The van der Waals surface area contributed by atoms with Gasteiger partial charge in [0.2, 0.25) is 0 Å². The Morgan fingerprint density at radius 2 is 2.20 bits per heavy atom. The van der Waals surface area contributed by atoms with Crippen LogP contribution in [0.15, 0.2) is 24.3 Å². The lowest BCUT2D eigenvalue weighted by Crippen LogP contribution is -2.40. The molecule has 0 spiro atoms. The Morgan fingerprint density at radius 3 is 2.80 bits per heavy atom. The van der Waals surface area contributed by atoms with E-state index in [9.17, 15) is 5.11 Å². The van der Waals surface area contributed by atoms with Gasteiger partial charge in [0.05, 0.1) is 13.2 Å². The SMILES string of the molecule is CCC(N)C(c1ccccc1OC)N1CCC(CO)C1. The second-order valence-corrected chi connectivity index (χ2v) is 5.59. The standard InChI is InChI=1S/C16H26N2O2/c1-3-14(17)16(18-9-8-12(10-18)11-19)13-6-4-5-7-15(13)20-2/h4-7,12,14,16,19H,3,8-11,17H2,1-2H3. The Morgan fingerprint density at radius 1 is 1.45 bits per heavy atom. The molecule has 1 heterocycles. The molecule has 112 valence electrons. The van der Waals surface area contributed by atoms with Crippen molar-refractivity contribution in [2.45, 2.75) is 31.8 Å². The number of aliphatic hydroxyl groups excluding tert-OH is 1. The highest BCUT2D eigenvalue weighted by Gasteiger charge is 2.33. The minimum Gasteiger partial charge on any atom is -0.496 e. The average Bonchev–Trinajstić information content (AvgIpc) is 2.96. The van der Waals surface area contributed by atoms with Gasteiger partial charge in [-0.15, -0.1) is 0 Å². The summed E-state index contributed by atoms with van der Waals surface area (Å²) in [6.07, 6.45) is 1.96. The second-order valence-electron chi connectivity index (χ2n) is 5.59. The monoisotopic (exact) mass is 278 g/mol. The third-order valence-electron chi connectivity index (χ3n) is 4.30. The molecule has 4 nitrogen and oxygen atoms in total. The van der Waals surface area contributed by atoms with E-state index in [1.165, 1.54) is 0 Å². The molecule has 0 aliphatic carbocycles. The van der Waals surface area contributed by atoms with E-state index in [1.54, 1.807) is 7.11 Å². The van der Waals surface area contributed by atoms with Crippen molar-refractivity contribution in [3.05, 3.63) is 29.8 Å². The van der Waals surface area contributed by atoms with Crippen molar-refractivity contribution in [2.24, 2.45) is 11.7 Å². The first kappa shape index (κ1) is 15.3. The van der Waals surface area contributed by atoms with Crippen molar-refractivity contribution < 1.29 is 9.84 Å². The van der Waals surface area contributed by atoms with Gasteiger partial charge in [0.1, 0.15) is 5.75 Å². The van der Waals surface area contributed by atoms with Crippen LogP contribution in [0.5, 0.6) is 5.75 Å². The van der Waals surface area contributed by atoms with Crippen LogP contribution in [0.4, 0.5) is 0 Å². The minimum atomic E-state index is 0.0729. The van der Waals surface area contributed by atoms with Gasteiger partial charge in [-0.1, -0.05) is 25.1 Å². The molecule has 0 radical (unpaired) electrons. The Labute approximate surface area is 121 Å². The summed E-state index contributed by atoms with van der Waals surface area (Å²) >= 11 is 0. The molecular weight excluding hydrogens is 252 g/mol. The third-order valence-corrected chi connectivity index (χ3v) is 4.30. The predicted octanol–water partition coefficient (Wildman–Crippen LogP) is 1.79. The number of ether oxygens (including phenoxy) is 1. The molecular formula is C16H26N2O2. The fourth-order valence-corrected chi connectivity index (χ4v) is 3.10. The number of methoxy groups -OCH3 is 1. The van der Waals surface area contributed by atoms with E-state index >= 15 is 0 Å². The number of hydrogen-bond donors (Lipinski definition) is 2. The molecule has 1 fully saturated rings. The molecule has 0 aromatic heterocycles. The predicted molar refractivity (Wildman–Crippen MR) is 80.8 cm³/mol. The van der Waals surface area contributed by atoms with Crippen molar-refractivity contribution in [3.8, 4) is 5.75 Å². The van der Waals surface area contributed by atoms with E-state index in [4.69, 9.17) is 10.5 Å². The zero-order valence-corrected chi connectivity index (χ0v) is 12.5. The number of hydrogen-bond acceptors (Lipinski definition) is 4. The lowest BCUT2D eigenvalue weighted by molar-refractivity contribution is 0.177. The van der Waals surface area contributed by atoms with Gasteiger partial charge in [-0.2, -0.15) is 0 Å². The molecule has 4 heteroatoms. The molecule has 1 aliphatic rings. The summed E-state index contributed by atoms with van der Waals surface area (Å²) in [6, 6.07) is 8.34. The first-order chi connectivity index (χ1) is 9.71. The van der Waals surface area contributed by atoms with Gasteiger partial charge in [0.15, 0.2) is 0 Å². The maximum atomic E-state index is 9.35. The van der Waals surface area contributed by atoms with Crippen LogP contribution in [0.1, 0.15) is 31.4 Å². The Bertz CT molecular complexity index is 425. The van der Waals surface area contributed by atoms with Crippen LogP contribution in [-0.2, 0) is 0 Å². The number of aliphatic hydroxyl groups is 1. The molecule has 3 unspecified atom stereocenters. The Balaban J connectivity index is 2.28. The van der Waals surface area contributed by atoms with Crippen LogP contribution < -0.4 is 10.5 Å². The average molecular weight is 278 g/mol. The summed E-state index contributed by atoms with van der Waals surface area (Å²) < 4.78 is 5.50. The smallest absolute Gasteiger partial charge is 0.123 e.